The van der Waals surface area contributed by atoms with E-state index in [9.17, 15) is 9.90 Å². The molecule has 0 saturated carbocycles. The molecule has 4 aromatic rings. The van der Waals surface area contributed by atoms with Crippen LogP contribution < -0.4 is 11.1 Å². The topological polar surface area (TPSA) is 115 Å². The first-order valence-electron chi connectivity index (χ1n) is 13.7. The number of phenolic OH excluding ortho intramolecular Hbond substituents is 1. The van der Waals surface area contributed by atoms with E-state index in [0.717, 1.165) is 77.4 Å². The number of aryl methyl sites for hydroxylation is 3. The zero-order valence-corrected chi connectivity index (χ0v) is 24.4. The molecule has 8 nitrogen and oxygen atoms in total. The molecule has 0 unspecified atom stereocenters. The Labute approximate surface area is 238 Å². The molecule has 0 saturated heterocycles. The van der Waals surface area contributed by atoms with E-state index in [1.54, 1.807) is 6.07 Å². The van der Waals surface area contributed by atoms with Gasteiger partial charge in [0, 0.05) is 38.1 Å². The maximum absolute atomic E-state index is 11.3. The van der Waals surface area contributed by atoms with E-state index in [4.69, 9.17) is 15.5 Å². The van der Waals surface area contributed by atoms with Crippen molar-refractivity contribution in [1.82, 2.24) is 19.9 Å². The van der Waals surface area contributed by atoms with Gasteiger partial charge < -0.3 is 25.5 Å². The number of halogens is 1. The molecule has 2 heterocycles. The van der Waals surface area contributed by atoms with E-state index in [-0.39, 0.29) is 5.91 Å². The summed E-state index contributed by atoms with van der Waals surface area (Å²) < 4.78 is 8.04. The predicted octanol–water partition coefficient (Wildman–Crippen LogP) is 5.42. The molecule has 0 radical (unpaired) electrons. The van der Waals surface area contributed by atoms with Crippen LogP contribution in [0.1, 0.15) is 55.1 Å². The number of carbonyl (C=O) groups is 1. The maximum Gasteiger partial charge on any atom is 0.230 e. The van der Waals surface area contributed by atoms with Gasteiger partial charge in [-0.1, -0.05) is 47.5 Å². The molecule has 0 aliphatic carbocycles. The average Bonchev–Trinajstić information content (AvgIpc) is 3.29. The Morgan fingerprint density at radius 2 is 1.87 bits per heavy atom. The second-order valence-electron chi connectivity index (χ2n) is 9.94. The van der Waals surface area contributed by atoms with Crippen LogP contribution in [0.2, 0.25) is 0 Å². The number of amides is 1. The highest BCUT2D eigenvalue weighted by Crippen LogP contribution is 2.31. The van der Waals surface area contributed by atoms with Gasteiger partial charge in [0.25, 0.3) is 0 Å². The third-order valence-electron chi connectivity index (χ3n) is 6.87. The van der Waals surface area contributed by atoms with Gasteiger partial charge in [-0.2, -0.15) is 0 Å². The van der Waals surface area contributed by atoms with Gasteiger partial charge in [-0.3, -0.25) is 4.79 Å². The van der Waals surface area contributed by atoms with Gasteiger partial charge in [-0.25, -0.2) is 9.97 Å². The van der Waals surface area contributed by atoms with Crippen molar-refractivity contribution in [1.29, 1.82) is 0 Å². The highest BCUT2D eigenvalue weighted by atomic mass is 79.9. The number of ether oxygens (including phenoxy) is 1. The first-order chi connectivity index (χ1) is 18.9. The van der Waals surface area contributed by atoms with Crippen molar-refractivity contribution in [2.24, 2.45) is 0 Å². The van der Waals surface area contributed by atoms with Crippen LogP contribution in [-0.4, -0.2) is 50.6 Å². The summed E-state index contributed by atoms with van der Waals surface area (Å²) in [6.45, 7) is 6.65. The lowest BCUT2D eigenvalue weighted by Crippen LogP contribution is -2.26. The average molecular weight is 597 g/mol. The van der Waals surface area contributed by atoms with Crippen LogP contribution >= 0.6 is 15.9 Å². The SMILES string of the molecule is CCCCc1nc2c(N)nc3ccc(CCCOCCCNC(=O)CBr)cc3c2n1Cc1ccc(O)c(C)c1. The number of nitrogens with two attached hydrogens (primary N) is 1. The lowest BCUT2D eigenvalue weighted by molar-refractivity contribution is -0.118. The number of aromatic hydroxyl groups is 1. The van der Waals surface area contributed by atoms with Gasteiger partial charge in [0.2, 0.25) is 5.91 Å². The van der Waals surface area contributed by atoms with Gasteiger partial charge >= 0.3 is 0 Å². The predicted molar refractivity (Wildman–Crippen MR) is 161 cm³/mol. The standard InChI is InChI=1S/C30H38BrN5O3/c1-3-4-8-26-35-28-29(36(26)19-22-10-12-25(37)20(2)16-22)23-17-21(9-11-24(23)34-30(28)32)7-5-14-39-15-6-13-33-27(38)18-31/h9-12,16-17,37H,3-8,13-15,18-19H2,1-2H3,(H2,32,34)(H,33,38). The molecule has 0 fully saturated rings. The number of benzene rings is 2. The van der Waals surface area contributed by atoms with E-state index < -0.39 is 0 Å². The van der Waals surface area contributed by atoms with Crippen LogP contribution in [0.3, 0.4) is 0 Å². The van der Waals surface area contributed by atoms with Crippen LogP contribution in [0.4, 0.5) is 5.82 Å². The van der Waals surface area contributed by atoms with Gasteiger partial charge in [-0.05, 0) is 67.5 Å². The second-order valence-corrected chi connectivity index (χ2v) is 10.5. The molecular weight excluding hydrogens is 558 g/mol. The quantitative estimate of drug-likeness (QED) is 0.132. The maximum atomic E-state index is 11.3. The molecule has 0 aliphatic rings. The Balaban J connectivity index is 1.56. The first-order valence-corrected chi connectivity index (χ1v) is 14.8. The normalized spacial score (nSPS) is 11.5. The fraction of sp³-hybridized carbons (Fsp3) is 0.433. The Hall–Kier alpha value is -3.17. The van der Waals surface area contributed by atoms with E-state index in [1.807, 2.05) is 25.1 Å². The lowest BCUT2D eigenvalue weighted by Gasteiger charge is -2.13. The molecule has 9 heteroatoms. The molecule has 4 N–H and O–H groups in total. The molecule has 39 heavy (non-hydrogen) atoms. The van der Waals surface area contributed by atoms with Crippen molar-refractivity contribution in [3.05, 3.63) is 58.9 Å². The van der Waals surface area contributed by atoms with Crippen molar-refractivity contribution in [2.75, 3.05) is 30.8 Å². The summed E-state index contributed by atoms with van der Waals surface area (Å²) in [4.78, 5) is 20.9. The summed E-state index contributed by atoms with van der Waals surface area (Å²) in [5.74, 6) is 1.75. The molecule has 2 aromatic heterocycles. The molecule has 0 atom stereocenters. The number of alkyl halides is 1. The number of carbonyl (C=O) groups excluding carboxylic acids is 1. The summed E-state index contributed by atoms with van der Waals surface area (Å²) in [5.41, 5.74) is 12.2. The van der Waals surface area contributed by atoms with E-state index in [2.05, 4.69) is 49.9 Å². The number of hydrogen-bond acceptors (Lipinski definition) is 6. The zero-order valence-electron chi connectivity index (χ0n) is 22.8. The van der Waals surface area contributed by atoms with E-state index >= 15 is 0 Å². The number of aromatic nitrogens is 3. The Bertz CT molecular complexity index is 1440. The third-order valence-corrected chi connectivity index (χ3v) is 7.37. The Morgan fingerprint density at radius 3 is 2.64 bits per heavy atom. The van der Waals surface area contributed by atoms with Crippen LogP contribution in [0, 0.1) is 6.92 Å². The smallest absolute Gasteiger partial charge is 0.230 e. The fourth-order valence-corrected chi connectivity index (χ4v) is 4.98. The highest BCUT2D eigenvalue weighted by molar-refractivity contribution is 9.09. The van der Waals surface area contributed by atoms with Crippen LogP contribution in [0.15, 0.2) is 36.4 Å². The fourth-order valence-electron chi connectivity index (χ4n) is 4.78. The van der Waals surface area contributed by atoms with E-state index in [0.29, 0.717) is 43.2 Å². The summed E-state index contributed by atoms with van der Waals surface area (Å²) >= 11 is 3.14. The second kappa shape index (κ2) is 13.8. The number of phenols is 1. The Morgan fingerprint density at radius 1 is 1.08 bits per heavy atom. The van der Waals surface area contributed by atoms with Crippen molar-refractivity contribution in [3.8, 4) is 5.75 Å². The van der Waals surface area contributed by atoms with E-state index in [1.165, 1.54) is 5.56 Å². The molecule has 208 valence electrons. The number of fused-ring (bicyclic) bond motifs is 3. The summed E-state index contributed by atoms with van der Waals surface area (Å²) in [6.07, 6.45) is 5.56. The highest BCUT2D eigenvalue weighted by Gasteiger charge is 2.18. The first kappa shape index (κ1) is 28.8. The molecule has 2 aromatic carbocycles. The number of nitrogen functional groups attached to an aromatic ring is 1. The summed E-state index contributed by atoms with van der Waals surface area (Å²) in [6, 6.07) is 12.1. The third kappa shape index (κ3) is 7.28. The molecule has 0 spiro atoms. The van der Waals surface area contributed by atoms with Gasteiger partial charge in [0.1, 0.15) is 17.1 Å². The number of unbranched alkanes of at least 4 members (excludes halogenated alkanes) is 1. The molecule has 0 bridgehead atoms. The van der Waals surface area contributed by atoms with Crippen molar-refractivity contribution >= 4 is 49.6 Å². The number of pyridine rings is 1. The Kier molecular flexibility index (Phi) is 10.2. The number of rotatable bonds is 14. The van der Waals surface area contributed by atoms with Gasteiger partial charge in [0.15, 0.2) is 5.82 Å². The summed E-state index contributed by atoms with van der Waals surface area (Å²) in [5, 5.41) is 14.2. The minimum Gasteiger partial charge on any atom is -0.508 e. The van der Waals surface area contributed by atoms with Crippen LogP contribution in [0.25, 0.3) is 21.9 Å². The van der Waals surface area contributed by atoms with Gasteiger partial charge in [0.05, 0.1) is 16.4 Å². The van der Waals surface area contributed by atoms with Crippen molar-refractivity contribution in [3.63, 3.8) is 0 Å². The monoisotopic (exact) mass is 595 g/mol. The summed E-state index contributed by atoms with van der Waals surface area (Å²) in [7, 11) is 0. The minimum atomic E-state index is -0.00587. The van der Waals surface area contributed by atoms with Crippen LogP contribution in [-0.2, 0) is 28.9 Å². The molecule has 0 aliphatic heterocycles. The number of anilines is 1. The van der Waals surface area contributed by atoms with Crippen molar-refractivity contribution < 1.29 is 14.6 Å². The van der Waals surface area contributed by atoms with Crippen molar-refractivity contribution in [2.45, 2.75) is 58.9 Å². The number of nitrogens with zero attached hydrogens (tertiary/aromatic N) is 3. The van der Waals surface area contributed by atoms with Crippen LogP contribution in [0.5, 0.6) is 5.75 Å². The number of nitrogens with one attached hydrogen (secondary N) is 1. The largest absolute Gasteiger partial charge is 0.508 e. The van der Waals surface area contributed by atoms with Gasteiger partial charge in [-0.15, -0.1) is 0 Å². The number of imidazole rings is 1. The number of hydrogen-bond donors (Lipinski definition) is 3. The zero-order chi connectivity index (χ0) is 27.8. The lowest BCUT2D eigenvalue weighted by atomic mass is 10.1. The minimum absolute atomic E-state index is 0.00587. The molecule has 4 rings (SSSR count). The molecular formula is C30H38BrN5O3. The molecule has 1 amide bonds.